The van der Waals surface area contributed by atoms with E-state index in [1.807, 2.05) is 0 Å². The van der Waals surface area contributed by atoms with Gasteiger partial charge in [0.25, 0.3) is 0 Å². The second-order valence-corrected chi connectivity index (χ2v) is 5.50. The van der Waals surface area contributed by atoms with Crippen LogP contribution in [0.3, 0.4) is 0 Å². The number of hydrogen-bond acceptors (Lipinski definition) is 3. The molecule has 1 aromatic heterocycles. The van der Waals surface area contributed by atoms with Crippen molar-refractivity contribution in [1.82, 2.24) is 4.98 Å². The van der Waals surface area contributed by atoms with Crippen molar-refractivity contribution >= 4 is 0 Å². The number of halogens is 3. The molecule has 0 saturated heterocycles. The van der Waals surface area contributed by atoms with Crippen LogP contribution in [0.25, 0.3) is 22.3 Å². The van der Waals surface area contributed by atoms with Gasteiger partial charge in [0, 0.05) is 11.8 Å². The summed E-state index contributed by atoms with van der Waals surface area (Å²) in [4.78, 5) is 3.98. The van der Waals surface area contributed by atoms with Crippen molar-refractivity contribution in [2.75, 3.05) is 0 Å². The molecule has 0 aliphatic rings. The van der Waals surface area contributed by atoms with E-state index < -0.39 is 11.7 Å². The van der Waals surface area contributed by atoms with E-state index in [1.165, 1.54) is 18.3 Å². The molecule has 2 N–H and O–H groups in total. The summed E-state index contributed by atoms with van der Waals surface area (Å²) in [6, 6.07) is 12.9. The summed E-state index contributed by atoms with van der Waals surface area (Å²) in [5.74, 6) is -0.00850. The highest BCUT2D eigenvalue weighted by atomic mass is 19.4. The fourth-order valence-electron chi connectivity index (χ4n) is 2.55. The normalized spacial score (nSPS) is 11.5. The smallest absolute Gasteiger partial charge is 0.416 e. The lowest BCUT2D eigenvalue weighted by atomic mass is 9.97. The quantitative estimate of drug-likeness (QED) is 0.727. The predicted octanol–water partition coefficient (Wildman–Crippen LogP) is 4.63. The summed E-state index contributed by atoms with van der Waals surface area (Å²) in [5, 5.41) is 19.3. The van der Waals surface area contributed by atoms with Crippen LogP contribution in [-0.2, 0) is 12.8 Å². The van der Waals surface area contributed by atoms with Crippen molar-refractivity contribution in [1.29, 1.82) is 0 Å². The van der Waals surface area contributed by atoms with Gasteiger partial charge in [-0.2, -0.15) is 13.2 Å². The molecule has 0 aliphatic carbocycles. The van der Waals surface area contributed by atoms with Crippen molar-refractivity contribution in [3.8, 4) is 28.0 Å². The molecule has 0 saturated carbocycles. The molecule has 1 heterocycles. The molecule has 25 heavy (non-hydrogen) atoms. The summed E-state index contributed by atoms with van der Waals surface area (Å²) in [7, 11) is 0. The number of aliphatic hydroxyl groups is 1. The third kappa shape index (κ3) is 3.64. The number of rotatable bonds is 3. The third-order valence-electron chi connectivity index (χ3n) is 3.81. The minimum absolute atomic E-state index is 0.00850. The van der Waals surface area contributed by atoms with Crippen molar-refractivity contribution in [2.24, 2.45) is 0 Å². The topological polar surface area (TPSA) is 53.4 Å². The van der Waals surface area contributed by atoms with Gasteiger partial charge < -0.3 is 10.2 Å². The molecule has 0 spiro atoms. The summed E-state index contributed by atoms with van der Waals surface area (Å²) in [6.07, 6.45) is -2.92. The molecule has 0 unspecified atom stereocenters. The summed E-state index contributed by atoms with van der Waals surface area (Å²) in [6.45, 7) is -0.248. The van der Waals surface area contributed by atoms with Crippen LogP contribution >= 0.6 is 0 Å². The van der Waals surface area contributed by atoms with Crippen LogP contribution in [0.1, 0.15) is 11.3 Å². The van der Waals surface area contributed by atoms with Crippen LogP contribution in [0.4, 0.5) is 13.2 Å². The highest BCUT2D eigenvalue weighted by Gasteiger charge is 2.30. The molecular weight excluding hydrogens is 331 g/mol. The molecule has 3 rings (SSSR count). The minimum atomic E-state index is -4.42. The molecule has 0 fully saturated rings. The van der Waals surface area contributed by atoms with E-state index in [1.54, 1.807) is 30.3 Å². The molecule has 0 amide bonds. The van der Waals surface area contributed by atoms with Gasteiger partial charge in [0.05, 0.1) is 17.9 Å². The number of aromatic nitrogens is 1. The second kappa shape index (κ2) is 6.57. The van der Waals surface area contributed by atoms with Gasteiger partial charge in [-0.05, 0) is 53.1 Å². The number of hydrogen-bond donors (Lipinski definition) is 2. The number of phenols is 1. The zero-order valence-corrected chi connectivity index (χ0v) is 13.0. The van der Waals surface area contributed by atoms with E-state index in [0.717, 1.165) is 12.1 Å². The Morgan fingerprint density at radius 1 is 0.880 bits per heavy atom. The van der Waals surface area contributed by atoms with E-state index in [9.17, 15) is 23.4 Å². The Balaban J connectivity index is 2.08. The number of alkyl halides is 3. The number of nitrogens with zero attached hydrogens (tertiary/aromatic N) is 1. The number of benzene rings is 2. The van der Waals surface area contributed by atoms with Gasteiger partial charge in [-0.15, -0.1) is 0 Å². The number of aromatic hydroxyl groups is 1. The molecule has 3 nitrogen and oxygen atoms in total. The lowest BCUT2D eigenvalue weighted by Gasteiger charge is -2.11. The summed E-state index contributed by atoms with van der Waals surface area (Å²) < 4.78 is 38.7. The first-order valence-electron chi connectivity index (χ1n) is 7.45. The van der Waals surface area contributed by atoms with Gasteiger partial charge in [0.1, 0.15) is 5.75 Å². The largest absolute Gasteiger partial charge is 0.507 e. The standard InChI is InChI=1S/C19H14F3NO2/c20-19(21,22)15-3-1-2-12(8-15)13-4-5-18(25)17(10-13)14-6-7-23-16(9-14)11-24/h1-10,24-25H,11H2. The zero-order valence-electron chi connectivity index (χ0n) is 13.0. The van der Waals surface area contributed by atoms with Gasteiger partial charge in [-0.1, -0.05) is 18.2 Å². The number of pyridine rings is 1. The SMILES string of the molecule is OCc1cc(-c2cc(-c3cccc(C(F)(F)F)c3)ccc2O)ccn1. The molecule has 0 radical (unpaired) electrons. The lowest BCUT2D eigenvalue weighted by Crippen LogP contribution is -2.04. The zero-order chi connectivity index (χ0) is 18.0. The first kappa shape index (κ1) is 17.0. The Morgan fingerprint density at radius 3 is 2.36 bits per heavy atom. The first-order chi connectivity index (χ1) is 11.9. The lowest BCUT2D eigenvalue weighted by molar-refractivity contribution is -0.137. The van der Waals surface area contributed by atoms with E-state index >= 15 is 0 Å². The molecule has 2 aromatic carbocycles. The maximum atomic E-state index is 12.9. The Kier molecular flexibility index (Phi) is 4.46. The maximum absolute atomic E-state index is 12.9. The van der Waals surface area contributed by atoms with Gasteiger partial charge in [0.2, 0.25) is 0 Å². The highest BCUT2D eigenvalue weighted by molar-refractivity contribution is 5.77. The average Bonchev–Trinajstić information content (AvgIpc) is 2.61. The van der Waals surface area contributed by atoms with Gasteiger partial charge in [-0.3, -0.25) is 4.98 Å². The molecule has 6 heteroatoms. The van der Waals surface area contributed by atoms with Crippen molar-refractivity contribution in [3.05, 3.63) is 72.1 Å². The predicted molar refractivity (Wildman–Crippen MR) is 87.7 cm³/mol. The first-order valence-corrected chi connectivity index (χ1v) is 7.45. The molecule has 3 aromatic rings. The summed E-state index contributed by atoms with van der Waals surface area (Å²) >= 11 is 0. The minimum Gasteiger partial charge on any atom is -0.507 e. The second-order valence-electron chi connectivity index (χ2n) is 5.50. The molecule has 0 aliphatic heterocycles. The maximum Gasteiger partial charge on any atom is 0.416 e. The Labute approximate surface area is 142 Å². The van der Waals surface area contributed by atoms with Crippen LogP contribution < -0.4 is 0 Å². The van der Waals surface area contributed by atoms with Crippen molar-refractivity contribution in [2.45, 2.75) is 12.8 Å². The van der Waals surface area contributed by atoms with Crippen LogP contribution in [-0.4, -0.2) is 15.2 Å². The van der Waals surface area contributed by atoms with Gasteiger partial charge in [0.15, 0.2) is 0 Å². The molecule has 128 valence electrons. The van der Waals surface area contributed by atoms with Crippen LogP contribution in [0.2, 0.25) is 0 Å². The Bertz CT molecular complexity index is 907. The highest BCUT2D eigenvalue weighted by Crippen LogP contribution is 2.36. The Morgan fingerprint density at radius 2 is 1.64 bits per heavy atom. The third-order valence-corrected chi connectivity index (χ3v) is 3.81. The molecule has 0 atom stereocenters. The van der Waals surface area contributed by atoms with Crippen molar-refractivity contribution in [3.63, 3.8) is 0 Å². The molecule has 0 bridgehead atoms. The average molecular weight is 345 g/mol. The van der Waals surface area contributed by atoms with E-state index in [0.29, 0.717) is 27.9 Å². The van der Waals surface area contributed by atoms with E-state index in [2.05, 4.69) is 4.98 Å². The van der Waals surface area contributed by atoms with Crippen LogP contribution in [0, 0.1) is 0 Å². The van der Waals surface area contributed by atoms with Gasteiger partial charge >= 0.3 is 6.18 Å². The van der Waals surface area contributed by atoms with Crippen LogP contribution in [0.5, 0.6) is 5.75 Å². The van der Waals surface area contributed by atoms with E-state index in [-0.39, 0.29) is 12.4 Å². The Hall–Kier alpha value is -2.86. The molecular formula is C19H14F3NO2. The fourth-order valence-corrected chi connectivity index (χ4v) is 2.55. The van der Waals surface area contributed by atoms with Crippen LogP contribution in [0.15, 0.2) is 60.8 Å². The number of aliphatic hydroxyl groups excluding tert-OH is 1. The fraction of sp³-hybridized carbons (Fsp3) is 0.105. The van der Waals surface area contributed by atoms with Crippen molar-refractivity contribution < 1.29 is 23.4 Å². The summed E-state index contributed by atoms with van der Waals surface area (Å²) in [5.41, 5.74) is 1.71. The number of phenolic OH excluding ortho intramolecular Hbond substituents is 1. The van der Waals surface area contributed by atoms with Gasteiger partial charge in [-0.25, -0.2) is 0 Å². The monoisotopic (exact) mass is 345 g/mol. The van der Waals surface area contributed by atoms with E-state index in [4.69, 9.17) is 0 Å².